The average molecular weight is 269 g/mol. The van der Waals surface area contributed by atoms with Crippen LogP contribution in [-0.4, -0.2) is 40.9 Å². The van der Waals surface area contributed by atoms with Crippen molar-refractivity contribution in [2.75, 3.05) is 7.05 Å². The van der Waals surface area contributed by atoms with Crippen LogP contribution in [0.5, 0.6) is 0 Å². The molecule has 0 aliphatic heterocycles. The highest BCUT2D eigenvalue weighted by molar-refractivity contribution is 5.86. The number of aldehydes is 1. The van der Waals surface area contributed by atoms with E-state index in [0.717, 1.165) is 6.29 Å². The monoisotopic (exact) mass is 269 g/mol. The maximum Gasteiger partial charge on any atom is 0.252 e. The summed E-state index contributed by atoms with van der Waals surface area (Å²) >= 11 is 0. The van der Waals surface area contributed by atoms with Gasteiger partial charge in [0.1, 0.15) is 17.9 Å². The van der Waals surface area contributed by atoms with E-state index in [1.807, 2.05) is 13.8 Å². The molecule has 0 rings (SSSR count). The average Bonchev–Trinajstić information content (AvgIpc) is 2.32. The van der Waals surface area contributed by atoms with E-state index >= 15 is 0 Å². The molecule has 0 radical (unpaired) electrons. The predicted octanol–water partition coefficient (Wildman–Crippen LogP) is 2.02. The van der Waals surface area contributed by atoms with Crippen molar-refractivity contribution in [3.05, 3.63) is 12.2 Å². The maximum absolute atomic E-state index is 12.3. The van der Waals surface area contributed by atoms with E-state index in [2.05, 4.69) is 6.58 Å². The van der Waals surface area contributed by atoms with Crippen molar-refractivity contribution >= 4 is 12.2 Å². The third-order valence-corrected chi connectivity index (χ3v) is 3.47. The summed E-state index contributed by atoms with van der Waals surface area (Å²) in [7, 11) is 1.55. The Morgan fingerprint density at radius 3 is 2.11 bits per heavy atom. The number of carbonyl (C=O) groups is 2. The molecule has 0 saturated heterocycles. The van der Waals surface area contributed by atoms with E-state index < -0.39 is 17.6 Å². The summed E-state index contributed by atoms with van der Waals surface area (Å²) in [5, 5.41) is 9.90. The number of carbonyl (C=O) groups excluding carboxylic acids is 2. The standard InChI is InChI=1S/C15H27NO3/c1-10(2)8-15(9-17,12(5)6)16(7)14(19)13(18)11(3)4/h9-11,13,18H,5,8H2,1-4,6-7H3. The van der Waals surface area contributed by atoms with Crippen LogP contribution in [0.15, 0.2) is 12.2 Å². The van der Waals surface area contributed by atoms with Crippen molar-refractivity contribution in [3.8, 4) is 0 Å². The first-order valence-electron chi connectivity index (χ1n) is 6.68. The molecule has 0 aromatic rings. The summed E-state index contributed by atoms with van der Waals surface area (Å²) in [5.41, 5.74) is -0.427. The lowest BCUT2D eigenvalue weighted by Crippen LogP contribution is -2.56. The van der Waals surface area contributed by atoms with Gasteiger partial charge in [-0.15, -0.1) is 0 Å². The van der Waals surface area contributed by atoms with E-state index in [4.69, 9.17) is 0 Å². The maximum atomic E-state index is 12.3. The van der Waals surface area contributed by atoms with Gasteiger partial charge in [0.2, 0.25) is 0 Å². The summed E-state index contributed by atoms with van der Waals surface area (Å²) < 4.78 is 0. The van der Waals surface area contributed by atoms with Gasteiger partial charge in [-0.25, -0.2) is 0 Å². The molecule has 2 atom stereocenters. The largest absolute Gasteiger partial charge is 0.383 e. The molecule has 2 unspecified atom stereocenters. The summed E-state index contributed by atoms with van der Waals surface area (Å²) in [6, 6.07) is 0. The van der Waals surface area contributed by atoms with Gasteiger partial charge in [-0.05, 0) is 30.8 Å². The van der Waals surface area contributed by atoms with Crippen LogP contribution in [0.25, 0.3) is 0 Å². The Balaban J connectivity index is 5.44. The van der Waals surface area contributed by atoms with Gasteiger partial charge in [-0.2, -0.15) is 0 Å². The fraction of sp³-hybridized carbons (Fsp3) is 0.733. The number of amides is 1. The predicted molar refractivity (Wildman–Crippen MR) is 76.7 cm³/mol. The van der Waals surface area contributed by atoms with Crippen LogP contribution in [-0.2, 0) is 9.59 Å². The molecular formula is C15H27NO3. The molecule has 19 heavy (non-hydrogen) atoms. The topological polar surface area (TPSA) is 57.6 Å². The van der Waals surface area contributed by atoms with E-state index in [1.165, 1.54) is 4.90 Å². The molecule has 0 spiro atoms. The van der Waals surface area contributed by atoms with Crippen molar-refractivity contribution < 1.29 is 14.7 Å². The Bertz CT molecular complexity index is 349. The summed E-state index contributed by atoms with van der Waals surface area (Å²) in [6.45, 7) is 13.1. The Labute approximate surface area is 116 Å². The first-order chi connectivity index (χ1) is 8.60. The highest BCUT2D eigenvalue weighted by Gasteiger charge is 2.41. The van der Waals surface area contributed by atoms with Crippen LogP contribution in [0.1, 0.15) is 41.0 Å². The minimum atomic E-state index is -1.10. The Morgan fingerprint density at radius 1 is 1.37 bits per heavy atom. The van der Waals surface area contributed by atoms with Crippen LogP contribution >= 0.6 is 0 Å². The molecule has 0 aromatic heterocycles. The van der Waals surface area contributed by atoms with Crippen LogP contribution in [0, 0.1) is 11.8 Å². The van der Waals surface area contributed by atoms with Gasteiger partial charge in [0.15, 0.2) is 0 Å². The molecule has 0 aliphatic rings. The van der Waals surface area contributed by atoms with Crippen LogP contribution < -0.4 is 0 Å². The Morgan fingerprint density at radius 2 is 1.84 bits per heavy atom. The Hall–Kier alpha value is -1.16. The van der Waals surface area contributed by atoms with Gasteiger partial charge in [0, 0.05) is 7.05 Å². The number of hydrogen-bond acceptors (Lipinski definition) is 3. The molecule has 4 nitrogen and oxygen atoms in total. The second-order valence-electron chi connectivity index (χ2n) is 6.01. The molecule has 1 N–H and O–H groups in total. The number of likely N-dealkylation sites (N-methyl/N-ethyl adjacent to an activating group) is 1. The van der Waals surface area contributed by atoms with Crippen molar-refractivity contribution in [1.29, 1.82) is 0 Å². The van der Waals surface area contributed by atoms with E-state index in [9.17, 15) is 14.7 Å². The van der Waals surface area contributed by atoms with Crippen LogP contribution in [0.3, 0.4) is 0 Å². The lowest BCUT2D eigenvalue weighted by Gasteiger charge is -2.40. The molecular weight excluding hydrogens is 242 g/mol. The van der Waals surface area contributed by atoms with Gasteiger partial charge in [-0.3, -0.25) is 4.79 Å². The zero-order valence-electron chi connectivity index (χ0n) is 12.9. The summed E-state index contributed by atoms with van der Waals surface area (Å²) in [6.07, 6.45) is 0.162. The zero-order chi connectivity index (χ0) is 15.4. The first-order valence-corrected chi connectivity index (χ1v) is 6.68. The summed E-state index contributed by atoms with van der Waals surface area (Å²) in [4.78, 5) is 25.2. The molecule has 0 saturated carbocycles. The van der Waals surface area contributed by atoms with Gasteiger partial charge < -0.3 is 14.8 Å². The lowest BCUT2D eigenvalue weighted by molar-refractivity contribution is -0.148. The van der Waals surface area contributed by atoms with Crippen molar-refractivity contribution in [2.45, 2.75) is 52.7 Å². The number of hydrogen-bond donors (Lipinski definition) is 1. The van der Waals surface area contributed by atoms with Gasteiger partial charge in [0.25, 0.3) is 5.91 Å². The smallest absolute Gasteiger partial charge is 0.252 e. The zero-order valence-corrected chi connectivity index (χ0v) is 12.9. The Kier molecular flexibility index (Phi) is 6.43. The minimum absolute atomic E-state index is 0.191. The second kappa shape index (κ2) is 6.85. The SMILES string of the molecule is C=C(C)C(C=O)(CC(C)C)N(C)C(=O)C(O)C(C)C. The lowest BCUT2D eigenvalue weighted by atomic mass is 9.82. The fourth-order valence-corrected chi connectivity index (χ4v) is 2.13. The highest BCUT2D eigenvalue weighted by Crippen LogP contribution is 2.29. The van der Waals surface area contributed by atoms with E-state index in [1.54, 1.807) is 27.8 Å². The normalized spacial score (nSPS) is 16.1. The molecule has 0 fully saturated rings. The molecule has 0 aliphatic carbocycles. The third-order valence-electron chi connectivity index (χ3n) is 3.47. The van der Waals surface area contributed by atoms with Crippen molar-refractivity contribution in [1.82, 2.24) is 4.90 Å². The highest BCUT2D eigenvalue weighted by atomic mass is 16.3. The molecule has 0 aromatic carbocycles. The van der Waals surface area contributed by atoms with E-state index in [0.29, 0.717) is 12.0 Å². The second-order valence-corrected chi connectivity index (χ2v) is 6.01. The molecule has 110 valence electrons. The van der Waals surface area contributed by atoms with Crippen molar-refractivity contribution in [2.24, 2.45) is 11.8 Å². The number of aliphatic hydroxyl groups excluding tert-OH is 1. The minimum Gasteiger partial charge on any atom is -0.383 e. The number of aliphatic hydroxyl groups is 1. The van der Waals surface area contributed by atoms with Crippen molar-refractivity contribution in [3.63, 3.8) is 0 Å². The quantitative estimate of drug-likeness (QED) is 0.568. The molecule has 4 heteroatoms. The first kappa shape index (κ1) is 17.8. The molecule has 0 heterocycles. The van der Waals surface area contributed by atoms with E-state index in [-0.39, 0.29) is 11.8 Å². The fourth-order valence-electron chi connectivity index (χ4n) is 2.13. The molecule has 1 amide bonds. The molecule has 0 bridgehead atoms. The van der Waals surface area contributed by atoms with Crippen LogP contribution in [0.4, 0.5) is 0 Å². The number of nitrogens with zero attached hydrogens (tertiary/aromatic N) is 1. The van der Waals surface area contributed by atoms with Crippen LogP contribution in [0.2, 0.25) is 0 Å². The van der Waals surface area contributed by atoms with Gasteiger partial charge >= 0.3 is 0 Å². The van der Waals surface area contributed by atoms with Gasteiger partial charge in [-0.1, -0.05) is 34.3 Å². The third kappa shape index (κ3) is 3.90. The van der Waals surface area contributed by atoms with Gasteiger partial charge in [0.05, 0.1) is 0 Å². The number of rotatable bonds is 7. The summed E-state index contributed by atoms with van der Waals surface area (Å²) in [5.74, 6) is -0.400.